The fourth-order valence-corrected chi connectivity index (χ4v) is 2.23. The summed E-state index contributed by atoms with van der Waals surface area (Å²) in [7, 11) is 1.68. The number of carbonyl (C=O) groups is 1. The first-order chi connectivity index (χ1) is 11.7. The molecule has 0 spiro atoms. The highest BCUT2D eigenvalue weighted by Gasteiger charge is 2.25. The van der Waals surface area contributed by atoms with Crippen molar-refractivity contribution in [3.8, 4) is 0 Å². The van der Waals surface area contributed by atoms with Crippen LogP contribution in [-0.2, 0) is 10.7 Å². The van der Waals surface area contributed by atoms with Crippen LogP contribution >= 0.6 is 15.9 Å². The number of methoxy groups -OCH3 is 1. The Hall–Kier alpha value is -1.86. The van der Waals surface area contributed by atoms with E-state index in [9.17, 15) is 18.0 Å². The molecular weight excluding hydrogens is 399 g/mol. The molecule has 2 aromatic rings. The quantitative estimate of drug-likeness (QED) is 0.614. The van der Waals surface area contributed by atoms with Crippen LogP contribution in [0.15, 0.2) is 40.9 Å². The van der Waals surface area contributed by atoms with E-state index in [-0.39, 0.29) is 16.8 Å². The van der Waals surface area contributed by atoms with Crippen LogP contribution in [0, 0.1) is 5.82 Å². The van der Waals surface area contributed by atoms with Gasteiger partial charge in [0.15, 0.2) is 6.29 Å². The maximum absolute atomic E-state index is 13.4. The molecule has 1 N–H and O–H groups in total. The summed E-state index contributed by atoms with van der Waals surface area (Å²) in [6, 6.07) is 7.64. The van der Waals surface area contributed by atoms with Crippen molar-refractivity contribution in [1.82, 2.24) is 0 Å². The first-order valence-electron chi connectivity index (χ1n) is 7.41. The highest BCUT2D eigenvalue weighted by atomic mass is 79.9. The Morgan fingerprint density at radius 2 is 1.84 bits per heavy atom. The molecule has 0 heterocycles. The van der Waals surface area contributed by atoms with Crippen molar-refractivity contribution in [2.24, 2.45) is 0 Å². The summed E-state index contributed by atoms with van der Waals surface area (Å²) >= 11 is 3.17. The fraction of sp³-hybridized carbons (Fsp3) is 0.278. The van der Waals surface area contributed by atoms with Crippen molar-refractivity contribution in [3.63, 3.8) is 0 Å². The van der Waals surface area contributed by atoms with Gasteiger partial charge in [-0.15, -0.1) is 0 Å². The summed E-state index contributed by atoms with van der Waals surface area (Å²) in [5, 5.41) is 2.85. The van der Waals surface area contributed by atoms with E-state index >= 15 is 0 Å². The third-order valence-electron chi connectivity index (χ3n) is 3.18. The molecule has 0 aliphatic rings. The number of carbonyl (C=O) groups excluding carboxylic acids is 1. The molecule has 0 amide bonds. The predicted molar refractivity (Wildman–Crippen MR) is 96.3 cm³/mol. The van der Waals surface area contributed by atoms with Crippen molar-refractivity contribution >= 4 is 33.6 Å². The molecule has 7 heteroatoms. The molecule has 0 aliphatic carbocycles. The topological polar surface area (TPSA) is 38.3 Å². The highest BCUT2D eigenvalue weighted by Crippen LogP contribution is 2.33. The second-order valence-corrected chi connectivity index (χ2v) is 5.99. The van der Waals surface area contributed by atoms with E-state index in [2.05, 4.69) is 26.0 Å². The van der Waals surface area contributed by atoms with Crippen molar-refractivity contribution in [2.45, 2.75) is 19.8 Å². The van der Waals surface area contributed by atoms with Crippen LogP contribution < -0.4 is 5.32 Å². The Labute approximate surface area is 153 Å². The number of hydrogen-bond donors (Lipinski definition) is 1. The third kappa shape index (κ3) is 6.51. The first-order valence-corrected chi connectivity index (χ1v) is 8.20. The maximum atomic E-state index is 13.4. The summed E-state index contributed by atoms with van der Waals surface area (Å²) in [5.41, 5.74) is 0.723. The number of anilines is 2. The molecule has 3 nitrogen and oxygen atoms in total. The Morgan fingerprint density at radius 3 is 2.32 bits per heavy atom. The SMILES string of the molecule is CC(F)(F)c1ccc(C=O)c(Nc2ccc(F)cc2Br)c1.CCOC. The fourth-order valence-electron chi connectivity index (χ4n) is 1.78. The summed E-state index contributed by atoms with van der Waals surface area (Å²) in [5.74, 6) is -3.45. The van der Waals surface area contributed by atoms with E-state index in [1.54, 1.807) is 7.11 Å². The Bertz CT molecular complexity index is 716. The minimum absolute atomic E-state index is 0.214. The number of ether oxygens (including phenoxy) is 1. The summed E-state index contributed by atoms with van der Waals surface area (Å²) in [4.78, 5) is 11.0. The van der Waals surface area contributed by atoms with Crippen molar-refractivity contribution in [1.29, 1.82) is 0 Å². The van der Waals surface area contributed by atoms with Crippen molar-refractivity contribution < 1.29 is 22.7 Å². The molecule has 0 saturated heterocycles. The molecular formula is C18H19BrF3NO2. The van der Waals surface area contributed by atoms with E-state index in [0.29, 0.717) is 16.4 Å². The lowest BCUT2D eigenvalue weighted by atomic mass is 10.1. The van der Waals surface area contributed by atoms with Crippen LogP contribution in [0.3, 0.4) is 0 Å². The molecule has 2 aromatic carbocycles. The van der Waals surface area contributed by atoms with Crippen LogP contribution in [0.4, 0.5) is 24.5 Å². The minimum Gasteiger partial charge on any atom is -0.385 e. The van der Waals surface area contributed by atoms with E-state index < -0.39 is 11.7 Å². The van der Waals surface area contributed by atoms with Gasteiger partial charge in [0, 0.05) is 41.9 Å². The average Bonchev–Trinajstić information content (AvgIpc) is 2.56. The molecule has 0 fully saturated rings. The largest absolute Gasteiger partial charge is 0.385 e. The maximum Gasteiger partial charge on any atom is 0.270 e. The van der Waals surface area contributed by atoms with Crippen LogP contribution in [0.2, 0.25) is 0 Å². The summed E-state index contributed by atoms with van der Waals surface area (Å²) in [6.07, 6.45) is 0.567. The van der Waals surface area contributed by atoms with Crippen LogP contribution in [-0.4, -0.2) is 20.0 Å². The van der Waals surface area contributed by atoms with Crippen LogP contribution in [0.1, 0.15) is 29.8 Å². The summed E-state index contributed by atoms with van der Waals surface area (Å²) < 4.78 is 44.7. The monoisotopic (exact) mass is 417 g/mol. The van der Waals surface area contributed by atoms with Gasteiger partial charge in [-0.25, -0.2) is 13.2 Å². The Morgan fingerprint density at radius 1 is 1.20 bits per heavy atom. The Kier molecular flexibility index (Phi) is 8.12. The van der Waals surface area contributed by atoms with Gasteiger partial charge >= 0.3 is 0 Å². The molecule has 0 saturated carbocycles. The molecule has 25 heavy (non-hydrogen) atoms. The zero-order chi connectivity index (χ0) is 19.0. The standard InChI is InChI=1S/C15H11BrF3NO.C3H8O/c1-15(18,19)10-3-2-9(8-21)14(6-10)20-13-5-4-11(17)7-12(13)16;1-3-4-2/h2-8,20H,1H3;3H2,1-2H3. The third-order valence-corrected chi connectivity index (χ3v) is 3.83. The van der Waals surface area contributed by atoms with E-state index in [0.717, 1.165) is 13.5 Å². The minimum atomic E-state index is -3.02. The number of halogens is 4. The average molecular weight is 418 g/mol. The molecule has 0 bridgehead atoms. The van der Waals surface area contributed by atoms with Gasteiger partial charge in [0.05, 0.1) is 5.69 Å². The van der Waals surface area contributed by atoms with E-state index in [4.69, 9.17) is 0 Å². The van der Waals surface area contributed by atoms with Gasteiger partial charge < -0.3 is 10.1 Å². The molecule has 0 atom stereocenters. The van der Waals surface area contributed by atoms with Gasteiger partial charge in [-0.2, -0.15) is 0 Å². The molecule has 136 valence electrons. The predicted octanol–water partition coefficient (Wildman–Crippen LogP) is 5.91. The lowest BCUT2D eigenvalue weighted by molar-refractivity contribution is 0.0175. The van der Waals surface area contributed by atoms with Gasteiger partial charge in [0.1, 0.15) is 5.82 Å². The lowest BCUT2D eigenvalue weighted by Gasteiger charge is -2.15. The number of aldehydes is 1. The molecule has 0 unspecified atom stereocenters. The normalized spacial score (nSPS) is 10.7. The highest BCUT2D eigenvalue weighted by molar-refractivity contribution is 9.10. The number of hydrogen-bond acceptors (Lipinski definition) is 3. The molecule has 0 aliphatic heterocycles. The second kappa shape index (κ2) is 9.58. The van der Waals surface area contributed by atoms with Crippen LogP contribution in [0.25, 0.3) is 0 Å². The van der Waals surface area contributed by atoms with Gasteiger partial charge in [-0.1, -0.05) is 6.07 Å². The van der Waals surface area contributed by atoms with Crippen LogP contribution in [0.5, 0.6) is 0 Å². The van der Waals surface area contributed by atoms with Gasteiger partial charge in [0.2, 0.25) is 0 Å². The number of rotatable bonds is 5. The number of alkyl halides is 2. The Balaban J connectivity index is 0.000000705. The van der Waals surface area contributed by atoms with Crippen molar-refractivity contribution in [3.05, 3.63) is 57.8 Å². The zero-order valence-electron chi connectivity index (χ0n) is 14.1. The van der Waals surface area contributed by atoms with Crippen molar-refractivity contribution in [2.75, 3.05) is 19.0 Å². The van der Waals surface area contributed by atoms with Gasteiger partial charge in [0.25, 0.3) is 5.92 Å². The van der Waals surface area contributed by atoms with E-state index in [1.807, 2.05) is 6.92 Å². The molecule has 0 aromatic heterocycles. The van der Waals surface area contributed by atoms with E-state index in [1.165, 1.54) is 36.4 Å². The smallest absolute Gasteiger partial charge is 0.270 e. The molecule has 2 rings (SSSR count). The zero-order valence-corrected chi connectivity index (χ0v) is 15.7. The van der Waals surface area contributed by atoms with Gasteiger partial charge in [-0.3, -0.25) is 4.79 Å². The first kappa shape index (κ1) is 21.2. The van der Waals surface area contributed by atoms with Gasteiger partial charge in [-0.05, 0) is 53.2 Å². The summed E-state index contributed by atoms with van der Waals surface area (Å²) in [6.45, 7) is 3.56. The lowest BCUT2D eigenvalue weighted by Crippen LogP contribution is -2.08. The number of nitrogens with one attached hydrogen (secondary N) is 1. The second-order valence-electron chi connectivity index (χ2n) is 5.13. The molecule has 0 radical (unpaired) electrons. The number of benzene rings is 2.